The van der Waals surface area contributed by atoms with Crippen molar-refractivity contribution in [2.45, 2.75) is 6.92 Å². The van der Waals surface area contributed by atoms with Crippen molar-refractivity contribution >= 4 is 55.3 Å². The Hall–Kier alpha value is -1.05. The minimum Gasteiger partial charge on any atom is -0.389 e. The molecule has 0 atom stereocenters. The fraction of sp³-hybridized carbons (Fsp3) is 0.0909. The van der Waals surface area contributed by atoms with Crippen LogP contribution in [0.5, 0.6) is 0 Å². The smallest absolute Gasteiger partial charge is 0.187 e. The summed E-state index contributed by atoms with van der Waals surface area (Å²) in [7, 11) is 0. The van der Waals surface area contributed by atoms with Crippen molar-refractivity contribution in [2.24, 2.45) is 5.73 Å². The summed E-state index contributed by atoms with van der Waals surface area (Å²) in [6, 6.07) is 3.25. The number of thiazole rings is 1. The molecule has 0 amide bonds. The van der Waals surface area contributed by atoms with Gasteiger partial charge in [0.05, 0.1) is 15.9 Å². The summed E-state index contributed by atoms with van der Waals surface area (Å²) in [5.74, 6) is -0.437. The monoisotopic (exact) mass is 345 g/mol. The molecule has 18 heavy (non-hydrogen) atoms. The third-order valence-electron chi connectivity index (χ3n) is 2.21. The van der Waals surface area contributed by atoms with Gasteiger partial charge in [-0.1, -0.05) is 12.2 Å². The zero-order valence-electron chi connectivity index (χ0n) is 9.33. The SMILES string of the molecule is Cc1csc(Nc2ccc(C(N)=S)c(Br)c2F)n1. The van der Waals surface area contributed by atoms with Crippen molar-refractivity contribution in [1.29, 1.82) is 0 Å². The third-order valence-corrected chi connectivity index (χ3v) is 4.08. The number of aromatic nitrogens is 1. The van der Waals surface area contributed by atoms with E-state index in [9.17, 15) is 4.39 Å². The summed E-state index contributed by atoms with van der Waals surface area (Å²) in [5, 5.41) is 5.45. The molecular formula is C11H9BrFN3S2. The first-order valence-electron chi connectivity index (χ1n) is 4.96. The molecule has 1 aromatic heterocycles. The predicted molar refractivity (Wildman–Crippen MR) is 80.1 cm³/mol. The Labute approximate surface area is 121 Å². The first-order valence-corrected chi connectivity index (χ1v) is 7.04. The van der Waals surface area contributed by atoms with Crippen LogP contribution in [0, 0.1) is 12.7 Å². The molecule has 0 saturated carbocycles. The molecule has 2 rings (SSSR count). The van der Waals surface area contributed by atoms with Crippen LogP contribution >= 0.6 is 39.5 Å². The molecule has 2 aromatic rings. The second kappa shape index (κ2) is 5.29. The quantitative estimate of drug-likeness (QED) is 0.832. The first-order chi connectivity index (χ1) is 8.49. The number of hydrogen-bond donors (Lipinski definition) is 2. The van der Waals surface area contributed by atoms with E-state index in [4.69, 9.17) is 18.0 Å². The van der Waals surface area contributed by atoms with Crippen molar-refractivity contribution in [3.05, 3.63) is 39.1 Å². The Kier molecular flexibility index (Phi) is 3.94. The maximum absolute atomic E-state index is 14.1. The van der Waals surface area contributed by atoms with Crippen LogP contribution in [0.1, 0.15) is 11.3 Å². The van der Waals surface area contributed by atoms with E-state index in [1.165, 1.54) is 11.3 Å². The van der Waals surface area contributed by atoms with Crippen LogP contribution in [0.15, 0.2) is 22.0 Å². The van der Waals surface area contributed by atoms with Gasteiger partial charge in [0.15, 0.2) is 10.9 Å². The number of nitrogens with zero attached hydrogens (tertiary/aromatic N) is 1. The Morgan fingerprint density at radius 3 is 2.83 bits per heavy atom. The lowest BCUT2D eigenvalue weighted by Gasteiger charge is -2.09. The molecule has 0 spiro atoms. The van der Waals surface area contributed by atoms with Crippen LogP contribution in [0.2, 0.25) is 0 Å². The lowest BCUT2D eigenvalue weighted by Crippen LogP contribution is -2.11. The average Bonchev–Trinajstić information content (AvgIpc) is 2.70. The molecule has 0 radical (unpaired) electrons. The number of rotatable bonds is 3. The highest BCUT2D eigenvalue weighted by atomic mass is 79.9. The van der Waals surface area contributed by atoms with Gasteiger partial charge in [-0.25, -0.2) is 9.37 Å². The molecule has 7 heteroatoms. The fourth-order valence-electron chi connectivity index (χ4n) is 1.36. The fourth-order valence-corrected chi connectivity index (χ4v) is 2.92. The Morgan fingerprint density at radius 1 is 1.56 bits per heavy atom. The van der Waals surface area contributed by atoms with Gasteiger partial charge in [-0.2, -0.15) is 0 Å². The molecule has 0 aliphatic rings. The molecule has 3 N–H and O–H groups in total. The second-order valence-corrected chi connectivity index (χ2v) is 5.66. The maximum atomic E-state index is 14.1. The van der Waals surface area contributed by atoms with E-state index < -0.39 is 5.82 Å². The van der Waals surface area contributed by atoms with Crippen molar-refractivity contribution in [2.75, 3.05) is 5.32 Å². The van der Waals surface area contributed by atoms with E-state index in [0.717, 1.165) is 5.69 Å². The van der Waals surface area contributed by atoms with Gasteiger partial charge >= 0.3 is 0 Å². The van der Waals surface area contributed by atoms with E-state index in [0.29, 0.717) is 16.4 Å². The Balaban J connectivity index is 2.35. The number of hydrogen-bond acceptors (Lipinski definition) is 4. The standard InChI is InChI=1S/C11H9BrFN3S2/c1-5-4-18-11(15-5)16-7-3-2-6(10(14)17)8(12)9(7)13/h2-4H,1H3,(H2,14,17)(H,15,16). The summed E-state index contributed by atoms with van der Waals surface area (Å²) >= 11 is 9.40. The number of nitrogens with two attached hydrogens (primary N) is 1. The minimum absolute atomic E-state index is 0.150. The normalized spacial score (nSPS) is 10.4. The van der Waals surface area contributed by atoms with E-state index >= 15 is 0 Å². The molecule has 0 fully saturated rings. The van der Waals surface area contributed by atoms with E-state index in [-0.39, 0.29) is 9.46 Å². The molecule has 0 saturated heterocycles. The summed E-state index contributed by atoms with van der Waals surface area (Å²) in [4.78, 5) is 4.36. The van der Waals surface area contributed by atoms with Crippen LogP contribution in [-0.2, 0) is 0 Å². The molecule has 1 aromatic carbocycles. The summed E-state index contributed by atoms with van der Waals surface area (Å²) < 4.78 is 14.3. The Bertz CT molecular complexity index is 612. The molecule has 1 heterocycles. The number of benzene rings is 1. The van der Waals surface area contributed by atoms with Gasteiger partial charge in [0.1, 0.15) is 4.99 Å². The largest absolute Gasteiger partial charge is 0.389 e. The number of anilines is 2. The van der Waals surface area contributed by atoms with Gasteiger partial charge < -0.3 is 11.1 Å². The summed E-state index contributed by atoms with van der Waals surface area (Å²) in [5.41, 5.74) is 7.19. The van der Waals surface area contributed by atoms with E-state index in [1.807, 2.05) is 12.3 Å². The van der Waals surface area contributed by atoms with Gasteiger partial charge in [0, 0.05) is 10.9 Å². The van der Waals surface area contributed by atoms with Crippen LogP contribution in [0.25, 0.3) is 0 Å². The van der Waals surface area contributed by atoms with Crippen LogP contribution in [0.3, 0.4) is 0 Å². The van der Waals surface area contributed by atoms with Crippen molar-refractivity contribution in [3.8, 4) is 0 Å². The van der Waals surface area contributed by atoms with Gasteiger partial charge in [-0.15, -0.1) is 11.3 Å². The number of halogens is 2. The van der Waals surface area contributed by atoms with Gasteiger partial charge in [0.25, 0.3) is 0 Å². The second-order valence-electron chi connectivity index (χ2n) is 3.57. The zero-order valence-corrected chi connectivity index (χ0v) is 12.5. The highest BCUT2D eigenvalue weighted by Gasteiger charge is 2.13. The van der Waals surface area contributed by atoms with E-state index in [1.54, 1.807) is 12.1 Å². The number of nitrogens with one attached hydrogen (secondary N) is 1. The molecule has 0 unspecified atom stereocenters. The average molecular weight is 346 g/mol. The third kappa shape index (κ3) is 2.68. The lowest BCUT2D eigenvalue weighted by molar-refractivity contribution is 0.625. The topological polar surface area (TPSA) is 50.9 Å². The molecule has 0 aliphatic carbocycles. The molecule has 3 nitrogen and oxygen atoms in total. The lowest BCUT2D eigenvalue weighted by atomic mass is 10.2. The molecule has 94 valence electrons. The van der Waals surface area contributed by atoms with Gasteiger partial charge in [-0.3, -0.25) is 0 Å². The summed E-state index contributed by atoms with van der Waals surface area (Å²) in [6.07, 6.45) is 0. The number of aryl methyl sites for hydroxylation is 1. The first kappa shape index (κ1) is 13.4. The van der Waals surface area contributed by atoms with Crippen molar-refractivity contribution in [1.82, 2.24) is 4.98 Å². The highest BCUT2D eigenvalue weighted by molar-refractivity contribution is 9.10. The predicted octanol–water partition coefficient (Wildman–Crippen LogP) is 3.73. The van der Waals surface area contributed by atoms with Gasteiger partial charge in [0.2, 0.25) is 0 Å². The molecular weight excluding hydrogens is 337 g/mol. The van der Waals surface area contributed by atoms with E-state index in [2.05, 4.69) is 26.2 Å². The summed E-state index contributed by atoms with van der Waals surface area (Å²) in [6.45, 7) is 1.88. The van der Waals surface area contributed by atoms with Crippen LogP contribution in [0.4, 0.5) is 15.2 Å². The maximum Gasteiger partial charge on any atom is 0.187 e. The Morgan fingerprint density at radius 2 is 2.28 bits per heavy atom. The highest BCUT2D eigenvalue weighted by Crippen LogP contribution is 2.30. The van der Waals surface area contributed by atoms with Crippen molar-refractivity contribution < 1.29 is 4.39 Å². The van der Waals surface area contributed by atoms with Crippen LogP contribution < -0.4 is 11.1 Å². The molecule has 0 bridgehead atoms. The molecule has 0 aliphatic heterocycles. The minimum atomic E-state index is -0.437. The van der Waals surface area contributed by atoms with Crippen molar-refractivity contribution in [3.63, 3.8) is 0 Å². The van der Waals surface area contributed by atoms with Gasteiger partial charge in [-0.05, 0) is 35.0 Å². The zero-order chi connectivity index (χ0) is 13.3. The van der Waals surface area contributed by atoms with Crippen LogP contribution in [-0.4, -0.2) is 9.97 Å². The number of thiocarbonyl (C=S) groups is 1.